The van der Waals surface area contributed by atoms with Crippen molar-refractivity contribution in [3.63, 3.8) is 0 Å². The van der Waals surface area contributed by atoms with Gasteiger partial charge in [0.1, 0.15) is 25.0 Å². The molecular weight excluding hydrogens is 588 g/mol. The van der Waals surface area contributed by atoms with Gasteiger partial charge in [-0.15, -0.1) is 0 Å². The molecule has 1 heterocycles. The van der Waals surface area contributed by atoms with Gasteiger partial charge in [0.2, 0.25) is 27.7 Å². The monoisotopic (exact) mass is 622 g/mol. The first kappa shape index (κ1) is 32.3. The minimum Gasteiger partial charge on any atom is -0.480 e. The number of hydrogen-bond donors (Lipinski definition) is 6. The Morgan fingerprint density at radius 2 is 1.77 bits per heavy atom. The van der Waals surface area contributed by atoms with Gasteiger partial charge in [-0.3, -0.25) is 29.5 Å². The van der Waals surface area contributed by atoms with E-state index in [-0.39, 0.29) is 17.2 Å². The van der Waals surface area contributed by atoms with E-state index in [1.54, 1.807) is 36.4 Å². The molecule has 2 atom stereocenters. The van der Waals surface area contributed by atoms with E-state index in [0.29, 0.717) is 40.8 Å². The van der Waals surface area contributed by atoms with E-state index in [0.717, 1.165) is 11.8 Å². The number of nitrogens with one attached hydrogen (secondary N) is 4. The number of nitrogens with two attached hydrogens (primary N) is 1. The Balaban J connectivity index is 1.71. The fraction of sp³-hybridized carbons (Fsp3) is 0.300. The summed E-state index contributed by atoms with van der Waals surface area (Å²) in [5.41, 5.74) is 6.42. The number of fused-ring (bicyclic) bond motifs is 1. The van der Waals surface area contributed by atoms with Crippen LogP contribution < -0.4 is 21.1 Å². The van der Waals surface area contributed by atoms with E-state index in [4.69, 9.17) is 16.2 Å². The Morgan fingerprint density at radius 1 is 1.02 bits per heavy atom. The molecule has 13 nitrogen and oxygen atoms in total. The normalized spacial score (nSPS) is 15.7. The zero-order valence-electron chi connectivity index (χ0n) is 23.8. The molecule has 7 N–H and O–H groups in total. The van der Waals surface area contributed by atoms with Crippen LogP contribution in [0.25, 0.3) is 10.8 Å². The Bertz CT molecular complexity index is 1690. The van der Waals surface area contributed by atoms with Crippen LogP contribution >= 0.6 is 0 Å². The van der Waals surface area contributed by atoms with Gasteiger partial charge in [0.15, 0.2) is 0 Å². The number of hydrogen-bond acceptors (Lipinski definition) is 8. The lowest BCUT2D eigenvalue weighted by molar-refractivity contribution is -0.150. The highest BCUT2D eigenvalue weighted by molar-refractivity contribution is 7.89. The Hall–Kier alpha value is -4.66. The molecule has 0 aromatic heterocycles. The van der Waals surface area contributed by atoms with Gasteiger partial charge in [0.25, 0.3) is 0 Å². The van der Waals surface area contributed by atoms with Crippen LogP contribution in [0.5, 0.6) is 0 Å². The third-order valence-electron chi connectivity index (χ3n) is 7.18. The number of aliphatic carboxylic acids is 1. The summed E-state index contributed by atoms with van der Waals surface area (Å²) in [5, 5.41) is 23.4. The van der Waals surface area contributed by atoms with Gasteiger partial charge in [-0.25, -0.2) is 8.42 Å². The first-order valence-electron chi connectivity index (χ1n) is 14.0. The van der Waals surface area contributed by atoms with Crippen molar-refractivity contribution in [2.75, 3.05) is 19.6 Å². The van der Waals surface area contributed by atoms with Crippen LogP contribution in [-0.4, -0.2) is 79.7 Å². The van der Waals surface area contributed by atoms with E-state index in [9.17, 15) is 27.6 Å². The lowest BCUT2D eigenvalue weighted by Gasteiger charge is -2.31. The molecule has 0 spiro atoms. The largest absolute Gasteiger partial charge is 0.480 e. The molecule has 3 aromatic carbocycles. The van der Waals surface area contributed by atoms with Crippen LogP contribution in [0.15, 0.2) is 71.6 Å². The Morgan fingerprint density at radius 3 is 2.45 bits per heavy atom. The van der Waals surface area contributed by atoms with Gasteiger partial charge >= 0.3 is 5.97 Å². The van der Waals surface area contributed by atoms with Crippen molar-refractivity contribution < 1.29 is 32.7 Å². The average Bonchev–Trinajstić information content (AvgIpc) is 3.01. The molecule has 232 valence electrons. The number of rotatable bonds is 12. The van der Waals surface area contributed by atoms with Crippen LogP contribution in [-0.2, 0) is 35.6 Å². The van der Waals surface area contributed by atoms with Gasteiger partial charge in [-0.2, -0.15) is 4.72 Å². The quantitative estimate of drug-likeness (QED) is 0.124. The number of benzene rings is 3. The number of carboxylic acid groups (broad SMARTS) is 1. The predicted molar refractivity (Wildman–Crippen MR) is 162 cm³/mol. The molecule has 14 heteroatoms. The molecular formula is C30H34N6O7S. The molecule has 1 unspecified atom stereocenters. The summed E-state index contributed by atoms with van der Waals surface area (Å²) in [6.07, 6.45) is 1.67. The third kappa shape index (κ3) is 8.24. The summed E-state index contributed by atoms with van der Waals surface area (Å²) >= 11 is 0. The molecule has 0 saturated carbocycles. The zero-order chi connectivity index (χ0) is 31.9. The van der Waals surface area contributed by atoms with Crippen LogP contribution in [0.4, 0.5) is 0 Å². The summed E-state index contributed by atoms with van der Waals surface area (Å²) in [7, 11) is -4.35. The number of amidine groups is 1. The summed E-state index contributed by atoms with van der Waals surface area (Å²) in [5.74, 6) is -4.18. The predicted octanol–water partition coefficient (Wildman–Crippen LogP) is 0.712. The fourth-order valence-electron chi connectivity index (χ4n) is 4.95. The van der Waals surface area contributed by atoms with Crippen LogP contribution in [0.2, 0.25) is 0 Å². The lowest BCUT2D eigenvalue weighted by atomic mass is 10.0. The highest BCUT2D eigenvalue weighted by Gasteiger charge is 2.37. The molecule has 1 aliphatic heterocycles. The van der Waals surface area contributed by atoms with Gasteiger partial charge < -0.3 is 21.5 Å². The molecule has 0 aliphatic carbocycles. The van der Waals surface area contributed by atoms with Crippen molar-refractivity contribution in [1.29, 1.82) is 5.41 Å². The maximum absolute atomic E-state index is 14.1. The molecule has 1 aliphatic rings. The minimum atomic E-state index is -4.35. The van der Waals surface area contributed by atoms with Crippen molar-refractivity contribution in [2.45, 2.75) is 42.7 Å². The van der Waals surface area contributed by atoms with E-state index in [1.807, 2.05) is 12.1 Å². The van der Waals surface area contributed by atoms with Gasteiger partial charge in [-0.05, 0) is 60.3 Å². The average molecular weight is 623 g/mol. The number of carbonyl (C=O) groups excluding carboxylic acids is 3. The standard InChI is InChI=1S/C30H34N6O7S/c31-28(32)22-9-5-6-19(14-22)15-25(35-44(42,43)23-12-11-20-7-1-2-8-21(20)16-23)30(41)36(18-26(37)34-17-27(38)39)29(40)24-10-3-4-13-33-24/h1-2,5-9,11-12,14,16,24-25,33,35H,3-4,10,13,15,17-18H2,(H3,31,32)(H,34,37)(H,38,39)/t24?,25-/m0/s1. The molecule has 3 amide bonds. The second kappa shape index (κ2) is 14.2. The number of carboxylic acids is 1. The number of imide groups is 1. The topological polar surface area (TPSA) is 212 Å². The summed E-state index contributed by atoms with van der Waals surface area (Å²) < 4.78 is 29.8. The summed E-state index contributed by atoms with van der Waals surface area (Å²) in [4.78, 5) is 52.0. The number of piperidine rings is 1. The lowest BCUT2D eigenvalue weighted by Crippen LogP contribution is -2.58. The second-order valence-electron chi connectivity index (χ2n) is 10.4. The molecule has 4 rings (SSSR count). The molecule has 0 radical (unpaired) electrons. The van der Waals surface area contributed by atoms with Crippen LogP contribution in [0.1, 0.15) is 30.4 Å². The third-order valence-corrected chi connectivity index (χ3v) is 8.65. The van der Waals surface area contributed by atoms with Crippen molar-refractivity contribution >= 4 is 50.3 Å². The van der Waals surface area contributed by atoms with Crippen molar-refractivity contribution in [3.8, 4) is 0 Å². The van der Waals surface area contributed by atoms with E-state index >= 15 is 0 Å². The molecule has 0 bridgehead atoms. The van der Waals surface area contributed by atoms with Gasteiger partial charge in [0.05, 0.1) is 10.9 Å². The first-order valence-corrected chi connectivity index (χ1v) is 15.4. The first-order chi connectivity index (χ1) is 20.9. The Kier molecular flexibility index (Phi) is 10.4. The fourth-order valence-corrected chi connectivity index (χ4v) is 6.17. The van der Waals surface area contributed by atoms with E-state index in [1.165, 1.54) is 18.2 Å². The smallest absolute Gasteiger partial charge is 0.322 e. The highest BCUT2D eigenvalue weighted by Crippen LogP contribution is 2.21. The van der Waals surface area contributed by atoms with Crippen molar-refractivity contribution in [2.24, 2.45) is 5.73 Å². The maximum Gasteiger partial charge on any atom is 0.322 e. The maximum atomic E-state index is 14.1. The zero-order valence-corrected chi connectivity index (χ0v) is 24.6. The molecule has 3 aromatic rings. The number of amides is 3. The number of nitrogen functional groups attached to an aromatic ring is 1. The molecule has 1 saturated heterocycles. The Labute approximate surface area is 254 Å². The minimum absolute atomic E-state index is 0.113. The van der Waals surface area contributed by atoms with E-state index < -0.39 is 58.9 Å². The van der Waals surface area contributed by atoms with Crippen LogP contribution in [0, 0.1) is 5.41 Å². The molecule has 44 heavy (non-hydrogen) atoms. The van der Waals surface area contributed by atoms with Gasteiger partial charge in [-0.1, -0.05) is 55.0 Å². The summed E-state index contributed by atoms with van der Waals surface area (Å²) in [6, 6.07) is 15.6. The van der Waals surface area contributed by atoms with Crippen molar-refractivity contribution in [3.05, 3.63) is 77.9 Å². The highest BCUT2D eigenvalue weighted by atomic mass is 32.2. The van der Waals surface area contributed by atoms with Crippen LogP contribution in [0.3, 0.4) is 0 Å². The molecule has 1 fully saturated rings. The number of carbonyl (C=O) groups is 4. The number of nitrogens with zero attached hydrogens (tertiary/aromatic N) is 1. The second-order valence-corrected chi connectivity index (χ2v) is 12.2. The SMILES string of the molecule is N=C(N)c1cccc(C[C@H](NS(=O)(=O)c2ccc3ccccc3c2)C(=O)N(CC(=O)NCC(=O)O)C(=O)C2CCCCN2)c1. The number of sulfonamides is 1. The van der Waals surface area contributed by atoms with E-state index in [2.05, 4.69) is 15.4 Å². The van der Waals surface area contributed by atoms with Crippen molar-refractivity contribution in [1.82, 2.24) is 20.3 Å². The summed E-state index contributed by atoms with van der Waals surface area (Å²) in [6.45, 7) is -1.03. The van der Waals surface area contributed by atoms with Gasteiger partial charge in [0, 0.05) is 5.56 Å².